The van der Waals surface area contributed by atoms with Crippen LogP contribution >= 0.6 is 0 Å². The zero-order chi connectivity index (χ0) is 10.5. The van der Waals surface area contributed by atoms with Gasteiger partial charge in [0.1, 0.15) is 0 Å². The molecule has 0 aromatic rings. The topological polar surface area (TPSA) is 83.5 Å². The lowest BCUT2D eigenvalue weighted by Crippen LogP contribution is -2.36. The summed E-state index contributed by atoms with van der Waals surface area (Å²) in [6.07, 6.45) is 2.03. The van der Waals surface area contributed by atoms with Crippen LogP contribution in [0, 0.1) is 0 Å². The minimum atomic E-state index is -3.70. The second kappa shape index (κ2) is 4.98. The number of hydrogen-bond donors (Lipinski definition) is 2. The van der Waals surface area contributed by atoms with E-state index in [1.807, 2.05) is 0 Å². The van der Waals surface area contributed by atoms with E-state index in [9.17, 15) is 13.2 Å². The largest absolute Gasteiger partial charge is 0.480 e. The molecule has 2 N–H and O–H groups in total. The molecule has 5 nitrogen and oxygen atoms in total. The van der Waals surface area contributed by atoms with Gasteiger partial charge < -0.3 is 5.11 Å². The highest BCUT2D eigenvalue weighted by atomic mass is 32.2. The van der Waals surface area contributed by atoms with E-state index < -0.39 is 21.7 Å². The monoisotopic (exact) mass is 207 g/mol. The van der Waals surface area contributed by atoms with Crippen LogP contribution in [0.3, 0.4) is 0 Å². The number of carbonyl (C=O) groups is 1. The molecular weight excluding hydrogens is 194 g/mol. The molecule has 76 valence electrons. The average molecular weight is 207 g/mol. The Morgan fingerprint density at radius 2 is 2.23 bits per heavy atom. The van der Waals surface area contributed by atoms with Crippen LogP contribution < -0.4 is 4.72 Å². The molecule has 0 aliphatic rings. The van der Waals surface area contributed by atoms with Crippen molar-refractivity contribution in [1.29, 1.82) is 0 Å². The molecule has 0 saturated heterocycles. The summed E-state index contributed by atoms with van der Waals surface area (Å²) in [6.45, 7) is 5.08. The van der Waals surface area contributed by atoms with E-state index in [0.29, 0.717) is 6.42 Å². The fraction of sp³-hybridized carbons (Fsp3) is 0.571. The van der Waals surface area contributed by atoms with Crippen molar-refractivity contribution in [3.63, 3.8) is 0 Å². The molecule has 0 heterocycles. The smallest absolute Gasteiger partial charge is 0.320 e. The summed E-state index contributed by atoms with van der Waals surface area (Å²) in [5.41, 5.74) is 0. The minimum absolute atomic E-state index is 0.318. The predicted molar refractivity (Wildman–Crippen MR) is 48.8 cm³/mol. The van der Waals surface area contributed by atoms with Gasteiger partial charge in [-0.15, -0.1) is 6.58 Å². The standard InChI is InChI=1S/C7H13NO4S/c1-3-4-6(2)8-13(11,12)5-7(9)10/h3,6,8H,1,4-5H2,2H3,(H,9,10). The van der Waals surface area contributed by atoms with Gasteiger partial charge in [0.2, 0.25) is 10.0 Å². The van der Waals surface area contributed by atoms with E-state index in [1.165, 1.54) is 0 Å². The third-order valence-electron chi connectivity index (χ3n) is 1.21. The van der Waals surface area contributed by atoms with Crippen LogP contribution in [-0.2, 0) is 14.8 Å². The molecule has 0 fully saturated rings. The Balaban J connectivity index is 4.17. The Labute approximate surface area is 77.5 Å². The molecule has 0 aliphatic heterocycles. The predicted octanol–water partition coefficient (Wildman–Crippen LogP) is -0.0450. The van der Waals surface area contributed by atoms with Crippen LogP contribution in [0.2, 0.25) is 0 Å². The molecule has 0 radical (unpaired) electrons. The van der Waals surface area contributed by atoms with Gasteiger partial charge in [0, 0.05) is 6.04 Å². The minimum Gasteiger partial charge on any atom is -0.480 e. The highest BCUT2D eigenvalue weighted by Crippen LogP contribution is 1.94. The van der Waals surface area contributed by atoms with Gasteiger partial charge in [-0.1, -0.05) is 6.08 Å². The summed E-state index contributed by atoms with van der Waals surface area (Å²) < 4.78 is 24.2. The zero-order valence-electron chi connectivity index (χ0n) is 7.36. The van der Waals surface area contributed by atoms with Crippen LogP contribution in [0.4, 0.5) is 0 Å². The highest BCUT2D eigenvalue weighted by Gasteiger charge is 2.17. The fourth-order valence-electron chi connectivity index (χ4n) is 0.809. The van der Waals surface area contributed by atoms with Crippen molar-refractivity contribution < 1.29 is 18.3 Å². The molecule has 1 atom stereocenters. The fourth-order valence-corrected chi connectivity index (χ4v) is 1.93. The Bertz CT molecular complexity index is 283. The van der Waals surface area contributed by atoms with Crippen LogP contribution in [0.25, 0.3) is 0 Å². The number of carboxylic acid groups (broad SMARTS) is 1. The maximum Gasteiger partial charge on any atom is 0.320 e. The maximum atomic E-state index is 11.0. The summed E-state index contributed by atoms with van der Waals surface area (Å²) in [7, 11) is -3.70. The van der Waals surface area contributed by atoms with E-state index in [2.05, 4.69) is 11.3 Å². The SMILES string of the molecule is C=CCC(C)NS(=O)(=O)CC(=O)O. The highest BCUT2D eigenvalue weighted by molar-refractivity contribution is 7.90. The van der Waals surface area contributed by atoms with E-state index in [1.54, 1.807) is 13.0 Å². The van der Waals surface area contributed by atoms with Crippen molar-refractivity contribution in [2.75, 3.05) is 5.75 Å². The van der Waals surface area contributed by atoms with Crippen molar-refractivity contribution in [1.82, 2.24) is 4.72 Å². The van der Waals surface area contributed by atoms with Gasteiger partial charge in [-0.25, -0.2) is 13.1 Å². The van der Waals surface area contributed by atoms with Crippen molar-refractivity contribution in [2.24, 2.45) is 0 Å². The summed E-state index contributed by atoms with van der Waals surface area (Å²) in [4.78, 5) is 10.1. The normalized spacial score (nSPS) is 13.6. The van der Waals surface area contributed by atoms with E-state index >= 15 is 0 Å². The van der Waals surface area contributed by atoms with E-state index in [4.69, 9.17) is 5.11 Å². The number of rotatable bonds is 6. The van der Waals surface area contributed by atoms with Crippen LogP contribution in [0.5, 0.6) is 0 Å². The van der Waals surface area contributed by atoms with Gasteiger partial charge in [0.15, 0.2) is 5.75 Å². The molecule has 1 unspecified atom stereocenters. The number of aliphatic carboxylic acids is 1. The summed E-state index contributed by atoms with van der Waals surface area (Å²) in [5, 5.41) is 8.25. The first kappa shape index (κ1) is 12.1. The van der Waals surface area contributed by atoms with Gasteiger partial charge in [-0.2, -0.15) is 0 Å². The molecule has 0 aromatic carbocycles. The van der Waals surface area contributed by atoms with E-state index in [0.717, 1.165) is 0 Å². The molecule has 0 aromatic heterocycles. The molecule has 0 amide bonds. The van der Waals surface area contributed by atoms with Gasteiger partial charge in [0.05, 0.1) is 0 Å². The Kier molecular flexibility index (Phi) is 4.64. The van der Waals surface area contributed by atoms with Crippen LogP contribution in [0.15, 0.2) is 12.7 Å². The number of carboxylic acids is 1. The lowest BCUT2D eigenvalue weighted by molar-refractivity contribution is -0.134. The van der Waals surface area contributed by atoms with Crippen LogP contribution in [-0.4, -0.2) is 31.3 Å². The van der Waals surface area contributed by atoms with Crippen molar-refractivity contribution in [3.05, 3.63) is 12.7 Å². The first-order valence-electron chi connectivity index (χ1n) is 3.70. The molecule has 0 bridgehead atoms. The van der Waals surface area contributed by atoms with Crippen molar-refractivity contribution in [2.45, 2.75) is 19.4 Å². The third-order valence-corrected chi connectivity index (χ3v) is 2.60. The number of hydrogen-bond acceptors (Lipinski definition) is 3. The van der Waals surface area contributed by atoms with E-state index in [-0.39, 0.29) is 6.04 Å². The van der Waals surface area contributed by atoms with Crippen molar-refractivity contribution >= 4 is 16.0 Å². The van der Waals surface area contributed by atoms with Gasteiger partial charge in [-0.05, 0) is 13.3 Å². The first-order valence-corrected chi connectivity index (χ1v) is 5.35. The summed E-state index contributed by atoms with van der Waals surface area (Å²) >= 11 is 0. The van der Waals surface area contributed by atoms with Gasteiger partial charge in [0.25, 0.3) is 0 Å². The quantitative estimate of drug-likeness (QED) is 0.598. The van der Waals surface area contributed by atoms with Crippen LogP contribution in [0.1, 0.15) is 13.3 Å². The average Bonchev–Trinajstić information content (AvgIpc) is 1.81. The Hall–Kier alpha value is -0.880. The molecule has 0 spiro atoms. The molecule has 0 saturated carbocycles. The van der Waals surface area contributed by atoms with Crippen molar-refractivity contribution in [3.8, 4) is 0 Å². The summed E-state index contributed by atoms with van der Waals surface area (Å²) in [6, 6.07) is -0.318. The maximum absolute atomic E-state index is 11.0. The Morgan fingerprint density at radius 3 is 2.62 bits per heavy atom. The molecule has 13 heavy (non-hydrogen) atoms. The second-order valence-corrected chi connectivity index (χ2v) is 4.45. The number of sulfonamides is 1. The Morgan fingerprint density at radius 1 is 1.69 bits per heavy atom. The van der Waals surface area contributed by atoms with Gasteiger partial charge >= 0.3 is 5.97 Å². The number of nitrogens with one attached hydrogen (secondary N) is 1. The zero-order valence-corrected chi connectivity index (χ0v) is 8.17. The lowest BCUT2D eigenvalue weighted by Gasteiger charge is -2.10. The third kappa shape index (κ3) is 6.30. The molecular formula is C7H13NO4S. The lowest BCUT2D eigenvalue weighted by atomic mass is 10.3. The molecule has 6 heteroatoms. The summed E-state index contributed by atoms with van der Waals surface area (Å²) in [5.74, 6) is -2.26. The molecule has 0 rings (SSSR count). The first-order chi connectivity index (χ1) is 5.87. The van der Waals surface area contributed by atoms with Gasteiger partial charge in [-0.3, -0.25) is 4.79 Å². The second-order valence-electron chi connectivity index (χ2n) is 2.70. The molecule has 0 aliphatic carbocycles.